The van der Waals surface area contributed by atoms with Gasteiger partial charge in [0.15, 0.2) is 0 Å². The van der Waals surface area contributed by atoms with E-state index in [0.717, 1.165) is 51.9 Å². The van der Waals surface area contributed by atoms with E-state index in [4.69, 9.17) is 11.5 Å². The highest BCUT2D eigenvalue weighted by Gasteiger charge is 2.44. The zero-order valence-corrected chi connectivity index (χ0v) is 13.0. The number of likely N-dealkylation sites (N-methyl/N-ethyl adjacent to an activating group) is 1. The molecule has 1 aliphatic heterocycles. The molecular formula is C15H30N4O. The molecule has 116 valence electrons. The van der Waals surface area contributed by atoms with Crippen molar-refractivity contribution in [3.8, 4) is 0 Å². The van der Waals surface area contributed by atoms with Crippen molar-refractivity contribution in [1.29, 1.82) is 0 Å². The molecule has 3 atom stereocenters. The highest BCUT2D eigenvalue weighted by atomic mass is 16.1. The van der Waals surface area contributed by atoms with Gasteiger partial charge in [-0.1, -0.05) is 13.3 Å². The van der Waals surface area contributed by atoms with E-state index in [1.807, 2.05) is 0 Å². The molecule has 2 aliphatic rings. The molecule has 1 heterocycles. The SMILES string of the molecule is CCC1CN(CCC2CCCC2(N)C(N)=O)CCN1C. The number of rotatable bonds is 5. The predicted molar refractivity (Wildman–Crippen MR) is 81.2 cm³/mol. The third-order valence-electron chi connectivity index (χ3n) is 5.46. The number of hydrogen-bond acceptors (Lipinski definition) is 4. The molecule has 3 unspecified atom stereocenters. The Bertz CT molecular complexity index is 349. The van der Waals surface area contributed by atoms with Crippen molar-refractivity contribution in [2.24, 2.45) is 17.4 Å². The lowest BCUT2D eigenvalue weighted by atomic mass is 9.85. The van der Waals surface area contributed by atoms with Crippen LogP contribution in [0.15, 0.2) is 0 Å². The molecule has 1 amide bonds. The molecule has 0 aromatic carbocycles. The molecule has 2 rings (SSSR count). The Morgan fingerprint density at radius 1 is 1.40 bits per heavy atom. The van der Waals surface area contributed by atoms with E-state index in [9.17, 15) is 4.79 Å². The standard InChI is InChI=1S/C15H30N4O/c1-3-13-11-19(10-9-18(13)2)8-6-12-5-4-7-15(12,17)14(16)20/h12-13H,3-11,17H2,1-2H3,(H2,16,20). The van der Waals surface area contributed by atoms with Gasteiger partial charge in [-0.3, -0.25) is 4.79 Å². The fourth-order valence-electron chi connectivity index (χ4n) is 3.82. The summed E-state index contributed by atoms with van der Waals surface area (Å²) in [6.07, 6.45) is 5.03. The molecule has 1 aliphatic carbocycles. The minimum Gasteiger partial charge on any atom is -0.368 e. The highest BCUT2D eigenvalue weighted by molar-refractivity contribution is 5.85. The van der Waals surface area contributed by atoms with Crippen LogP contribution in [0, 0.1) is 5.92 Å². The Morgan fingerprint density at radius 3 is 2.80 bits per heavy atom. The van der Waals surface area contributed by atoms with E-state index in [0.29, 0.717) is 6.04 Å². The maximum Gasteiger partial charge on any atom is 0.237 e. The number of amides is 1. The number of piperazine rings is 1. The van der Waals surface area contributed by atoms with Crippen LogP contribution in [0.4, 0.5) is 0 Å². The van der Waals surface area contributed by atoms with Gasteiger partial charge in [-0.05, 0) is 45.2 Å². The summed E-state index contributed by atoms with van der Waals surface area (Å²) in [6, 6.07) is 0.658. The second-order valence-corrected chi connectivity index (χ2v) is 6.63. The molecule has 0 radical (unpaired) electrons. The number of primary amides is 1. The van der Waals surface area contributed by atoms with Gasteiger partial charge >= 0.3 is 0 Å². The topological polar surface area (TPSA) is 75.6 Å². The Kier molecular flexibility index (Phi) is 5.04. The largest absolute Gasteiger partial charge is 0.368 e. The molecule has 4 N–H and O–H groups in total. The molecule has 20 heavy (non-hydrogen) atoms. The maximum atomic E-state index is 11.6. The van der Waals surface area contributed by atoms with E-state index in [-0.39, 0.29) is 11.8 Å². The van der Waals surface area contributed by atoms with Gasteiger partial charge in [-0.15, -0.1) is 0 Å². The van der Waals surface area contributed by atoms with Crippen molar-refractivity contribution < 1.29 is 4.79 Å². The lowest BCUT2D eigenvalue weighted by Gasteiger charge is -2.40. The van der Waals surface area contributed by atoms with Crippen molar-refractivity contribution in [2.75, 3.05) is 33.2 Å². The van der Waals surface area contributed by atoms with Gasteiger partial charge in [0.25, 0.3) is 0 Å². The van der Waals surface area contributed by atoms with Crippen LogP contribution in [0.25, 0.3) is 0 Å². The molecular weight excluding hydrogens is 252 g/mol. The summed E-state index contributed by atoms with van der Waals surface area (Å²) < 4.78 is 0. The first-order valence-corrected chi connectivity index (χ1v) is 7.98. The maximum absolute atomic E-state index is 11.6. The number of nitrogens with zero attached hydrogens (tertiary/aromatic N) is 2. The van der Waals surface area contributed by atoms with Crippen molar-refractivity contribution in [2.45, 2.75) is 50.6 Å². The smallest absolute Gasteiger partial charge is 0.237 e. The Hall–Kier alpha value is -0.650. The van der Waals surface area contributed by atoms with Gasteiger partial charge in [0.05, 0.1) is 5.54 Å². The summed E-state index contributed by atoms with van der Waals surface area (Å²) in [6.45, 7) is 6.68. The number of carbonyl (C=O) groups is 1. The summed E-state index contributed by atoms with van der Waals surface area (Å²) in [4.78, 5) is 16.6. The Labute approximate surface area is 122 Å². The fourth-order valence-corrected chi connectivity index (χ4v) is 3.82. The van der Waals surface area contributed by atoms with Crippen molar-refractivity contribution >= 4 is 5.91 Å². The van der Waals surface area contributed by atoms with Crippen LogP contribution in [-0.4, -0.2) is 60.5 Å². The minimum absolute atomic E-state index is 0.264. The van der Waals surface area contributed by atoms with E-state index in [2.05, 4.69) is 23.8 Å². The van der Waals surface area contributed by atoms with E-state index >= 15 is 0 Å². The monoisotopic (exact) mass is 282 g/mol. The van der Waals surface area contributed by atoms with Crippen LogP contribution in [0.5, 0.6) is 0 Å². The summed E-state index contributed by atoms with van der Waals surface area (Å²) in [5.41, 5.74) is 11.0. The lowest BCUT2D eigenvalue weighted by Crippen LogP contribution is -2.56. The number of carbonyl (C=O) groups excluding carboxylic acids is 1. The first-order chi connectivity index (χ1) is 9.47. The van der Waals surface area contributed by atoms with E-state index in [1.54, 1.807) is 0 Å². The third kappa shape index (κ3) is 3.15. The van der Waals surface area contributed by atoms with Crippen molar-refractivity contribution in [3.05, 3.63) is 0 Å². The zero-order chi connectivity index (χ0) is 14.8. The summed E-state index contributed by atoms with van der Waals surface area (Å²) in [5.74, 6) is -0.0513. The van der Waals surface area contributed by atoms with Crippen molar-refractivity contribution in [3.63, 3.8) is 0 Å². The van der Waals surface area contributed by atoms with Crippen LogP contribution in [0.3, 0.4) is 0 Å². The van der Waals surface area contributed by atoms with Crippen LogP contribution in [-0.2, 0) is 4.79 Å². The average Bonchev–Trinajstić information content (AvgIpc) is 2.80. The first-order valence-electron chi connectivity index (χ1n) is 7.98. The summed E-state index contributed by atoms with van der Waals surface area (Å²) in [7, 11) is 2.21. The Balaban J connectivity index is 1.85. The summed E-state index contributed by atoms with van der Waals surface area (Å²) in [5, 5.41) is 0. The third-order valence-corrected chi connectivity index (χ3v) is 5.46. The molecule has 0 aromatic rings. The molecule has 5 nitrogen and oxygen atoms in total. The second kappa shape index (κ2) is 6.41. The molecule has 2 fully saturated rings. The molecule has 1 saturated carbocycles. The van der Waals surface area contributed by atoms with Crippen molar-refractivity contribution in [1.82, 2.24) is 9.80 Å². The second-order valence-electron chi connectivity index (χ2n) is 6.63. The van der Waals surface area contributed by atoms with Crippen LogP contribution >= 0.6 is 0 Å². The molecule has 1 saturated heterocycles. The molecule has 0 aromatic heterocycles. The quantitative estimate of drug-likeness (QED) is 0.764. The Morgan fingerprint density at radius 2 is 2.15 bits per heavy atom. The molecule has 0 spiro atoms. The number of hydrogen-bond donors (Lipinski definition) is 2. The number of nitrogens with two attached hydrogens (primary N) is 2. The average molecular weight is 282 g/mol. The molecule has 0 bridgehead atoms. The predicted octanol–water partition coefficient (Wildman–Crippen LogP) is 0.385. The first kappa shape index (κ1) is 15.7. The molecule has 5 heteroatoms. The van der Waals surface area contributed by atoms with Crippen LogP contribution in [0.2, 0.25) is 0 Å². The van der Waals surface area contributed by atoms with Gasteiger partial charge < -0.3 is 21.3 Å². The summed E-state index contributed by atoms with van der Waals surface area (Å²) >= 11 is 0. The zero-order valence-electron chi connectivity index (χ0n) is 13.0. The van der Waals surface area contributed by atoms with Gasteiger partial charge in [-0.25, -0.2) is 0 Å². The van der Waals surface area contributed by atoms with Gasteiger partial charge in [-0.2, -0.15) is 0 Å². The van der Waals surface area contributed by atoms with Crippen LogP contribution in [0.1, 0.15) is 39.0 Å². The minimum atomic E-state index is -0.753. The van der Waals surface area contributed by atoms with Gasteiger partial charge in [0.2, 0.25) is 5.91 Å². The van der Waals surface area contributed by atoms with Crippen LogP contribution < -0.4 is 11.5 Å². The van der Waals surface area contributed by atoms with Gasteiger partial charge in [0.1, 0.15) is 0 Å². The van der Waals surface area contributed by atoms with Gasteiger partial charge in [0, 0.05) is 25.7 Å². The highest BCUT2D eigenvalue weighted by Crippen LogP contribution is 2.36. The normalized spacial score (nSPS) is 36.4. The van der Waals surface area contributed by atoms with E-state index < -0.39 is 5.54 Å². The fraction of sp³-hybridized carbons (Fsp3) is 0.933. The lowest BCUT2D eigenvalue weighted by molar-refractivity contribution is -0.124. The van der Waals surface area contributed by atoms with E-state index in [1.165, 1.54) is 6.42 Å².